The molecule has 1 heterocycles. The summed E-state index contributed by atoms with van der Waals surface area (Å²) in [7, 11) is 0. The molecule has 0 atom stereocenters. The summed E-state index contributed by atoms with van der Waals surface area (Å²) in [5.41, 5.74) is 1.41. The lowest BCUT2D eigenvalue weighted by Gasteiger charge is -2.33. The first-order chi connectivity index (χ1) is 14.1. The maximum Gasteiger partial charge on any atom is 0.193 e. The molecule has 30 heavy (non-hydrogen) atoms. The van der Waals surface area contributed by atoms with Gasteiger partial charge in [-0.3, -0.25) is 4.79 Å². The van der Waals surface area contributed by atoms with Crippen LogP contribution in [-0.4, -0.2) is 21.6 Å². The van der Waals surface area contributed by atoms with Crippen molar-refractivity contribution in [3.63, 3.8) is 0 Å². The molecule has 3 rings (SSSR count). The summed E-state index contributed by atoms with van der Waals surface area (Å²) in [6, 6.07) is 6.36. The smallest absolute Gasteiger partial charge is 0.193 e. The average Bonchev–Trinajstić information content (AvgIpc) is 2.66. The van der Waals surface area contributed by atoms with Crippen LogP contribution in [0.15, 0.2) is 48.1 Å². The summed E-state index contributed by atoms with van der Waals surface area (Å²) in [6.45, 7) is 7.42. The Bertz CT molecular complexity index is 1070. The van der Waals surface area contributed by atoms with E-state index in [0.29, 0.717) is 5.56 Å². The monoisotopic (exact) mass is 405 g/mol. The molecular weight excluding hydrogens is 380 g/mol. The molecule has 0 saturated heterocycles. The van der Waals surface area contributed by atoms with Crippen LogP contribution in [0.4, 0.5) is 0 Å². The van der Waals surface area contributed by atoms with E-state index in [1.54, 1.807) is 30.4 Å². The second kappa shape index (κ2) is 8.11. The topological polar surface area (TPSA) is 89.8 Å². The summed E-state index contributed by atoms with van der Waals surface area (Å²) in [5.74, 6) is -0.927. The van der Waals surface area contributed by atoms with Crippen molar-refractivity contribution in [1.29, 1.82) is 0 Å². The molecule has 0 amide bonds. The molecule has 1 aliphatic rings. The number of phenols is 2. The van der Waals surface area contributed by atoms with Crippen molar-refractivity contribution in [3.05, 3.63) is 70.3 Å². The highest BCUT2D eigenvalue weighted by atomic mass is 16.5. The van der Waals surface area contributed by atoms with Gasteiger partial charge in [0.15, 0.2) is 5.78 Å². The van der Waals surface area contributed by atoms with Crippen LogP contribution in [0.1, 0.15) is 54.7 Å². The van der Waals surface area contributed by atoms with Crippen molar-refractivity contribution in [1.82, 2.24) is 0 Å². The summed E-state index contributed by atoms with van der Waals surface area (Å²) < 4.78 is 5.93. The van der Waals surface area contributed by atoms with Gasteiger partial charge in [-0.1, -0.05) is 41.7 Å². The predicted octanol–water partition coefficient (Wildman–Crippen LogP) is 4.76. The fourth-order valence-electron chi connectivity index (χ4n) is 3.17. The van der Waals surface area contributed by atoms with Gasteiger partial charge >= 0.3 is 0 Å². The van der Waals surface area contributed by atoms with Crippen LogP contribution in [0, 0.1) is 0 Å². The molecule has 5 nitrogen and oxygen atoms in total. The van der Waals surface area contributed by atoms with Gasteiger partial charge in [-0.15, -0.1) is 0 Å². The molecule has 0 saturated carbocycles. The Labute approximate surface area is 176 Å². The molecule has 1 aliphatic heterocycles. The van der Waals surface area contributed by atoms with E-state index in [1.165, 1.54) is 18.2 Å². The van der Waals surface area contributed by atoms with Crippen LogP contribution in [0.3, 0.4) is 0 Å². The van der Waals surface area contributed by atoms with Crippen molar-refractivity contribution in [3.8, 4) is 23.0 Å². The van der Waals surface area contributed by atoms with Gasteiger partial charge in [-0.05, 0) is 69.5 Å². The van der Waals surface area contributed by atoms with Crippen molar-refractivity contribution in [2.75, 3.05) is 0 Å². The molecule has 5 heteroatoms. The number of allylic oxidation sites excluding steroid dienone is 3. The lowest BCUT2D eigenvalue weighted by molar-refractivity contribution is -0.269. The first-order valence-corrected chi connectivity index (χ1v) is 9.71. The van der Waals surface area contributed by atoms with Crippen LogP contribution in [0.2, 0.25) is 0 Å². The Kier molecular flexibility index (Phi) is 5.74. The van der Waals surface area contributed by atoms with Gasteiger partial charge in [-0.25, -0.2) is 0 Å². The quantitative estimate of drug-likeness (QED) is 0.425. The average molecular weight is 405 g/mol. The summed E-state index contributed by atoms with van der Waals surface area (Å²) >= 11 is 0. The van der Waals surface area contributed by atoms with Gasteiger partial charge in [0.05, 0.1) is 0 Å². The van der Waals surface area contributed by atoms with Crippen molar-refractivity contribution in [2.24, 2.45) is 0 Å². The number of benzene rings is 2. The highest BCUT2D eigenvalue weighted by Gasteiger charge is 2.30. The Hall–Kier alpha value is -3.47. The molecule has 156 valence electrons. The van der Waals surface area contributed by atoms with Crippen molar-refractivity contribution < 1.29 is 24.9 Å². The van der Waals surface area contributed by atoms with Gasteiger partial charge in [0.2, 0.25) is 0 Å². The first-order valence-electron chi connectivity index (χ1n) is 9.71. The van der Waals surface area contributed by atoms with E-state index in [-0.39, 0.29) is 46.1 Å². The number of fused-ring (bicyclic) bond motifs is 1. The molecule has 2 aromatic rings. The minimum absolute atomic E-state index is 0.0193. The normalized spacial score (nSPS) is 14.3. The van der Waals surface area contributed by atoms with Crippen molar-refractivity contribution >= 4 is 17.9 Å². The van der Waals surface area contributed by atoms with Crippen molar-refractivity contribution in [2.45, 2.75) is 39.7 Å². The first kappa shape index (κ1) is 21.2. The molecule has 0 spiro atoms. The number of ether oxygens (including phenoxy) is 1. The number of carbonyl (C=O) groups excluding carboxylic acids is 1. The molecule has 0 aromatic heterocycles. The summed E-state index contributed by atoms with van der Waals surface area (Å²) in [5, 5.41) is 33.3. The van der Waals surface area contributed by atoms with Gasteiger partial charge in [0, 0.05) is 5.56 Å². The fraction of sp³-hybridized carbons (Fsp3) is 0.240. The van der Waals surface area contributed by atoms with Crippen LogP contribution in [0.5, 0.6) is 23.0 Å². The van der Waals surface area contributed by atoms with Gasteiger partial charge in [-0.2, -0.15) is 0 Å². The van der Waals surface area contributed by atoms with Crippen LogP contribution in [-0.2, 0) is 6.42 Å². The minimum atomic E-state index is -0.719. The molecule has 2 N–H and O–H groups in total. The number of phenolic OH excluding ortho intramolecular Hbond substituents is 2. The lowest BCUT2D eigenvalue weighted by atomic mass is 9.92. The third kappa shape index (κ3) is 4.40. The molecule has 0 radical (unpaired) electrons. The zero-order chi connectivity index (χ0) is 22.1. The summed E-state index contributed by atoms with van der Waals surface area (Å²) in [4.78, 5) is 13.1. The zero-order valence-corrected chi connectivity index (χ0v) is 17.5. The van der Waals surface area contributed by atoms with Gasteiger partial charge in [0.1, 0.15) is 28.4 Å². The number of rotatable bonds is 5. The van der Waals surface area contributed by atoms with E-state index in [1.807, 2.05) is 33.8 Å². The molecule has 2 aromatic carbocycles. The minimum Gasteiger partial charge on any atom is -0.872 e. The number of carbonyl (C=O) groups is 1. The van der Waals surface area contributed by atoms with E-state index in [9.17, 15) is 20.1 Å². The van der Waals surface area contributed by atoms with E-state index in [0.717, 1.165) is 5.57 Å². The van der Waals surface area contributed by atoms with E-state index < -0.39 is 11.4 Å². The molecule has 0 unspecified atom stereocenters. The van der Waals surface area contributed by atoms with E-state index in [2.05, 4.69) is 0 Å². The third-order valence-electron chi connectivity index (χ3n) is 4.81. The number of hydrogen-bond acceptors (Lipinski definition) is 5. The van der Waals surface area contributed by atoms with Gasteiger partial charge < -0.3 is 20.1 Å². The van der Waals surface area contributed by atoms with Crippen LogP contribution < -0.4 is 9.84 Å². The fourth-order valence-corrected chi connectivity index (χ4v) is 3.17. The predicted molar refractivity (Wildman–Crippen MR) is 116 cm³/mol. The summed E-state index contributed by atoms with van der Waals surface area (Å²) in [6.07, 6.45) is 8.39. The largest absolute Gasteiger partial charge is 0.872 e. The molecular formula is C25H25O5-. The highest BCUT2D eigenvalue weighted by Crippen LogP contribution is 2.46. The van der Waals surface area contributed by atoms with E-state index in [4.69, 9.17) is 4.74 Å². The Morgan fingerprint density at radius 3 is 2.47 bits per heavy atom. The Morgan fingerprint density at radius 2 is 1.83 bits per heavy atom. The second-order valence-electron chi connectivity index (χ2n) is 8.09. The van der Waals surface area contributed by atoms with Gasteiger partial charge in [0.25, 0.3) is 0 Å². The zero-order valence-electron chi connectivity index (χ0n) is 17.5. The highest BCUT2D eigenvalue weighted by molar-refractivity contribution is 6.12. The lowest BCUT2D eigenvalue weighted by Crippen LogP contribution is -2.29. The van der Waals surface area contributed by atoms with E-state index >= 15 is 0 Å². The number of ketones is 1. The van der Waals surface area contributed by atoms with Crippen LogP contribution >= 0.6 is 0 Å². The Morgan fingerprint density at radius 1 is 1.17 bits per heavy atom. The molecule has 0 fully saturated rings. The number of hydrogen-bond donors (Lipinski definition) is 2. The second-order valence-corrected chi connectivity index (χ2v) is 8.09. The molecule has 0 aliphatic carbocycles. The SMILES string of the molecule is CC(C)=CCc1c([O-])c2c(c(C(=O)/C=C/c3ccc(O)cc3)c1O)OC(C)(C)C=C2. The Balaban J connectivity index is 2.12. The standard InChI is InChI=1S/C25H26O5/c1-15(2)5-11-18-22(28)19-13-14-25(3,4)30-24(19)21(23(18)29)20(27)12-8-16-6-9-17(26)10-7-16/h5-10,12-14,26,28-29H,11H2,1-4H3/p-1/b12-8+. The number of aromatic hydroxyl groups is 2. The van der Waals surface area contributed by atoms with Crippen LogP contribution in [0.25, 0.3) is 12.2 Å². The third-order valence-corrected chi connectivity index (χ3v) is 4.81. The molecule has 0 bridgehead atoms. The maximum absolute atomic E-state index is 13.1. The maximum atomic E-state index is 13.1.